The molecule has 0 spiro atoms. The minimum atomic E-state index is 0.313. The topological polar surface area (TPSA) is 35.5 Å². The highest BCUT2D eigenvalue weighted by atomic mass is 16.3. The average Bonchev–Trinajstić information content (AvgIpc) is 3.09. The van der Waals surface area contributed by atoms with Crippen LogP contribution >= 0.6 is 0 Å². The second kappa shape index (κ2) is 5.83. The van der Waals surface area contributed by atoms with Gasteiger partial charge in [-0.15, -0.1) is 0 Å². The van der Waals surface area contributed by atoms with E-state index < -0.39 is 0 Å². The van der Waals surface area contributed by atoms with Crippen molar-refractivity contribution >= 4 is 0 Å². The third-order valence-electron chi connectivity index (χ3n) is 3.66. The number of nitrogens with one attached hydrogen (secondary N) is 1. The SMILES string of the molecule is OCCCNCC1CCN(C2CC2)CC1. The fourth-order valence-electron chi connectivity index (χ4n) is 2.47. The third-order valence-corrected chi connectivity index (χ3v) is 3.66. The zero-order valence-electron chi connectivity index (χ0n) is 9.62. The lowest BCUT2D eigenvalue weighted by Crippen LogP contribution is -2.38. The van der Waals surface area contributed by atoms with Gasteiger partial charge in [0.2, 0.25) is 0 Å². The van der Waals surface area contributed by atoms with Crippen LogP contribution in [0.2, 0.25) is 0 Å². The first-order valence-electron chi connectivity index (χ1n) is 6.46. The number of aliphatic hydroxyl groups excluding tert-OH is 1. The molecule has 3 heteroatoms. The van der Waals surface area contributed by atoms with Crippen molar-refractivity contribution in [3.63, 3.8) is 0 Å². The van der Waals surface area contributed by atoms with Crippen LogP contribution in [-0.4, -0.2) is 48.8 Å². The standard InChI is InChI=1S/C12H24N2O/c15-9-1-6-13-10-11-4-7-14(8-5-11)12-2-3-12/h11-13,15H,1-10H2. The summed E-state index contributed by atoms with van der Waals surface area (Å²) in [6.45, 7) is 5.07. The molecule has 1 aliphatic heterocycles. The Bertz CT molecular complexity index is 174. The van der Waals surface area contributed by atoms with Gasteiger partial charge in [0.05, 0.1) is 0 Å². The van der Waals surface area contributed by atoms with Crippen molar-refractivity contribution in [2.45, 2.75) is 38.1 Å². The first-order valence-corrected chi connectivity index (χ1v) is 6.46. The van der Waals surface area contributed by atoms with Crippen LogP contribution in [0.1, 0.15) is 32.1 Å². The lowest BCUT2D eigenvalue weighted by molar-refractivity contribution is 0.174. The Morgan fingerprint density at radius 1 is 1.13 bits per heavy atom. The maximum atomic E-state index is 8.66. The molecule has 0 unspecified atom stereocenters. The molecular weight excluding hydrogens is 188 g/mol. The fraction of sp³-hybridized carbons (Fsp3) is 1.00. The second-order valence-electron chi connectivity index (χ2n) is 4.99. The number of hydrogen-bond acceptors (Lipinski definition) is 3. The number of aliphatic hydroxyl groups is 1. The van der Waals surface area contributed by atoms with E-state index in [-0.39, 0.29) is 0 Å². The quantitative estimate of drug-likeness (QED) is 0.640. The molecule has 1 saturated heterocycles. The Labute approximate surface area is 92.8 Å². The minimum Gasteiger partial charge on any atom is -0.396 e. The van der Waals surface area contributed by atoms with Crippen LogP contribution in [0, 0.1) is 5.92 Å². The summed E-state index contributed by atoms with van der Waals surface area (Å²) in [7, 11) is 0. The molecule has 0 radical (unpaired) electrons. The third kappa shape index (κ3) is 3.74. The summed E-state index contributed by atoms with van der Waals surface area (Å²) in [4.78, 5) is 2.67. The molecule has 0 aromatic rings. The highest BCUT2D eigenvalue weighted by molar-refractivity contribution is 4.87. The summed E-state index contributed by atoms with van der Waals surface area (Å²) < 4.78 is 0. The average molecular weight is 212 g/mol. The number of nitrogens with zero attached hydrogens (tertiary/aromatic N) is 1. The molecule has 0 aromatic heterocycles. The Hall–Kier alpha value is -0.120. The van der Waals surface area contributed by atoms with E-state index in [1.54, 1.807) is 0 Å². The first kappa shape index (κ1) is 11.4. The predicted molar refractivity (Wildman–Crippen MR) is 61.9 cm³/mol. The van der Waals surface area contributed by atoms with Gasteiger partial charge in [0.25, 0.3) is 0 Å². The van der Waals surface area contributed by atoms with E-state index in [0.717, 1.165) is 31.5 Å². The number of piperidine rings is 1. The van der Waals surface area contributed by atoms with Crippen molar-refractivity contribution < 1.29 is 5.11 Å². The molecule has 2 fully saturated rings. The summed E-state index contributed by atoms with van der Waals surface area (Å²) in [6, 6.07) is 0.952. The van der Waals surface area contributed by atoms with Crippen molar-refractivity contribution in [1.82, 2.24) is 10.2 Å². The number of hydrogen-bond donors (Lipinski definition) is 2. The molecule has 15 heavy (non-hydrogen) atoms. The van der Waals surface area contributed by atoms with Crippen molar-refractivity contribution in [3.05, 3.63) is 0 Å². The van der Waals surface area contributed by atoms with Crippen molar-refractivity contribution in [3.8, 4) is 0 Å². The Morgan fingerprint density at radius 3 is 2.47 bits per heavy atom. The van der Waals surface area contributed by atoms with E-state index in [4.69, 9.17) is 5.11 Å². The maximum absolute atomic E-state index is 8.66. The van der Waals surface area contributed by atoms with Gasteiger partial charge in [0.15, 0.2) is 0 Å². The van der Waals surface area contributed by atoms with Crippen LogP contribution in [0.3, 0.4) is 0 Å². The van der Waals surface area contributed by atoms with Gasteiger partial charge in [0, 0.05) is 12.6 Å². The van der Waals surface area contributed by atoms with Crippen LogP contribution in [0.4, 0.5) is 0 Å². The highest BCUT2D eigenvalue weighted by Crippen LogP contribution is 2.30. The Balaban J connectivity index is 1.53. The monoisotopic (exact) mass is 212 g/mol. The Kier molecular flexibility index (Phi) is 4.42. The molecule has 1 aliphatic carbocycles. The Morgan fingerprint density at radius 2 is 1.87 bits per heavy atom. The molecule has 2 N–H and O–H groups in total. The van der Waals surface area contributed by atoms with Gasteiger partial charge in [-0.1, -0.05) is 0 Å². The van der Waals surface area contributed by atoms with E-state index in [2.05, 4.69) is 10.2 Å². The van der Waals surface area contributed by atoms with E-state index in [1.807, 2.05) is 0 Å². The smallest absolute Gasteiger partial charge is 0.0443 e. The molecule has 88 valence electrons. The molecule has 3 nitrogen and oxygen atoms in total. The molecule has 2 aliphatic rings. The second-order valence-corrected chi connectivity index (χ2v) is 4.99. The maximum Gasteiger partial charge on any atom is 0.0443 e. The zero-order valence-corrected chi connectivity index (χ0v) is 9.62. The van der Waals surface area contributed by atoms with Gasteiger partial charge in [-0.25, -0.2) is 0 Å². The van der Waals surface area contributed by atoms with Gasteiger partial charge in [-0.3, -0.25) is 0 Å². The highest BCUT2D eigenvalue weighted by Gasteiger charge is 2.31. The van der Waals surface area contributed by atoms with Gasteiger partial charge in [-0.05, 0) is 64.2 Å². The summed E-state index contributed by atoms with van der Waals surface area (Å²) in [5.74, 6) is 0.874. The van der Waals surface area contributed by atoms with Crippen molar-refractivity contribution in [2.75, 3.05) is 32.8 Å². The van der Waals surface area contributed by atoms with Crippen LogP contribution in [0.25, 0.3) is 0 Å². The molecular formula is C12H24N2O. The summed E-state index contributed by atoms with van der Waals surface area (Å²) >= 11 is 0. The van der Waals surface area contributed by atoms with Gasteiger partial charge in [0.1, 0.15) is 0 Å². The lowest BCUT2D eigenvalue weighted by Gasteiger charge is -2.32. The molecule has 2 rings (SSSR count). The summed E-state index contributed by atoms with van der Waals surface area (Å²) in [5.41, 5.74) is 0. The van der Waals surface area contributed by atoms with Crippen molar-refractivity contribution in [1.29, 1.82) is 0 Å². The molecule has 0 bridgehead atoms. The molecule has 1 saturated carbocycles. The van der Waals surface area contributed by atoms with E-state index in [9.17, 15) is 0 Å². The van der Waals surface area contributed by atoms with E-state index in [0.29, 0.717) is 6.61 Å². The molecule has 0 aromatic carbocycles. The largest absolute Gasteiger partial charge is 0.396 e. The van der Waals surface area contributed by atoms with Gasteiger partial charge < -0.3 is 15.3 Å². The van der Waals surface area contributed by atoms with E-state index >= 15 is 0 Å². The molecule has 1 heterocycles. The molecule has 0 atom stereocenters. The van der Waals surface area contributed by atoms with Crippen LogP contribution in [0.5, 0.6) is 0 Å². The normalized spacial score (nSPS) is 24.6. The summed E-state index contributed by atoms with van der Waals surface area (Å²) in [6.07, 6.45) is 6.50. The molecule has 0 amide bonds. The lowest BCUT2D eigenvalue weighted by atomic mass is 9.96. The van der Waals surface area contributed by atoms with Crippen molar-refractivity contribution in [2.24, 2.45) is 5.92 Å². The fourth-order valence-corrected chi connectivity index (χ4v) is 2.47. The van der Waals surface area contributed by atoms with Gasteiger partial charge >= 0.3 is 0 Å². The zero-order chi connectivity index (χ0) is 10.5. The van der Waals surface area contributed by atoms with E-state index in [1.165, 1.54) is 38.8 Å². The number of likely N-dealkylation sites (tertiary alicyclic amines) is 1. The predicted octanol–water partition coefficient (Wildman–Crippen LogP) is 0.833. The van der Waals surface area contributed by atoms with Crippen LogP contribution < -0.4 is 5.32 Å². The van der Waals surface area contributed by atoms with Crippen LogP contribution in [-0.2, 0) is 0 Å². The number of rotatable bonds is 6. The summed E-state index contributed by atoms with van der Waals surface area (Å²) in [5, 5.41) is 12.1. The van der Waals surface area contributed by atoms with Crippen LogP contribution in [0.15, 0.2) is 0 Å². The van der Waals surface area contributed by atoms with Gasteiger partial charge in [-0.2, -0.15) is 0 Å². The first-order chi connectivity index (χ1) is 7.40. The minimum absolute atomic E-state index is 0.313.